The molecule has 0 radical (unpaired) electrons. The minimum Gasteiger partial charge on any atom is -0.375 e. The molecule has 0 aromatic rings. The summed E-state index contributed by atoms with van der Waals surface area (Å²) >= 11 is 0. The summed E-state index contributed by atoms with van der Waals surface area (Å²) in [6.45, 7) is 13.6. The monoisotopic (exact) mass is 388 g/mol. The lowest BCUT2D eigenvalue weighted by Crippen LogP contribution is -2.52. The van der Waals surface area contributed by atoms with Gasteiger partial charge in [-0.3, -0.25) is 0 Å². The predicted octanol–water partition coefficient (Wildman–Crippen LogP) is 5.31. The van der Waals surface area contributed by atoms with Gasteiger partial charge in [0.25, 0.3) is 5.97 Å². The van der Waals surface area contributed by atoms with Crippen LogP contribution in [0.4, 0.5) is 0 Å². The maximum Gasteiger partial charge on any atom is 0.288 e. The second-order valence-electron chi connectivity index (χ2n) is 7.33. The summed E-state index contributed by atoms with van der Waals surface area (Å²) in [6.07, 6.45) is 9.59. The molecule has 5 nitrogen and oxygen atoms in total. The van der Waals surface area contributed by atoms with Gasteiger partial charge in [-0.2, -0.15) is 0 Å². The first-order valence-corrected chi connectivity index (χ1v) is 11.3. The SMILES string of the molecule is CCCCCCCC(OCC1CO1)C(CCC)C(OCC)(OCC)OCC. The van der Waals surface area contributed by atoms with Crippen molar-refractivity contribution in [3.8, 4) is 0 Å². The van der Waals surface area contributed by atoms with Crippen molar-refractivity contribution in [3.05, 3.63) is 0 Å². The first-order chi connectivity index (χ1) is 13.2. The van der Waals surface area contributed by atoms with E-state index >= 15 is 0 Å². The molecule has 162 valence electrons. The fraction of sp³-hybridized carbons (Fsp3) is 1.00. The molecular formula is C22H44O5. The maximum atomic E-state index is 6.37. The Morgan fingerprint density at radius 3 is 1.89 bits per heavy atom. The fourth-order valence-electron chi connectivity index (χ4n) is 3.70. The molecule has 0 saturated carbocycles. The van der Waals surface area contributed by atoms with Gasteiger partial charge in [-0.1, -0.05) is 52.4 Å². The van der Waals surface area contributed by atoms with Crippen LogP contribution < -0.4 is 0 Å². The van der Waals surface area contributed by atoms with Gasteiger partial charge in [0, 0.05) is 19.8 Å². The molecule has 0 aliphatic carbocycles. The zero-order chi connectivity index (χ0) is 20.0. The Bertz CT molecular complexity index is 329. The van der Waals surface area contributed by atoms with E-state index in [1.54, 1.807) is 0 Å². The van der Waals surface area contributed by atoms with Gasteiger partial charge in [0.2, 0.25) is 0 Å². The highest BCUT2D eigenvalue weighted by Gasteiger charge is 2.46. The third-order valence-corrected chi connectivity index (χ3v) is 5.03. The maximum absolute atomic E-state index is 6.37. The Hall–Kier alpha value is -0.200. The molecule has 3 unspecified atom stereocenters. The lowest BCUT2D eigenvalue weighted by molar-refractivity contribution is -0.412. The van der Waals surface area contributed by atoms with E-state index in [1.165, 1.54) is 25.7 Å². The van der Waals surface area contributed by atoms with Crippen LogP contribution in [-0.2, 0) is 23.7 Å². The molecule has 0 amide bonds. The van der Waals surface area contributed by atoms with Crippen LogP contribution in [-0.4, -0.2) is 51.2 Å². The van der Waals surface area contributed by atoms with E-state index in [2.05, 4.69) is 13.8 Å². The highest BCUT2D eigenvalue weighted by atomic mass is 16.9. The van der Waals surface area contributed by atoms with Crippen LogP contribution in [0.5, 0.6) is 0 Å². The molecule has 1 rings (SSSR count). The van der Waals surface area contributed by atoms with E-state index in [0.717, 1.165) is 32.3 Å². The van der Waals surface area contributed by atoms with E-state index in [0.29, 0.717) is 26.4 Å². The van der Waals surface area contributed by atoms with Crippen molar-refractivity contribution in [3.63, 3.8) is 0 Å². The van der Waals surface area contributed by atoms with Gasteiger partial charge in [-0.15, -0.1) is 0 Å². The molecule has 1 aliphatic rings. The molecule has 3 atom stereocenters. The third-order valence-electron chi connectivity index (χ3n) is 5.03. The number of unbranched alkanes of at least 4 members (excludes halogenated alkanes) is 4. The van der Waals surface area contributed by atoms with Gasteiger partial charge in [0.05, 0.1) is 25.2 Å². The summed E-state index contributed by atoms with van der Waals surface area (Å²) in [5.74, 6) is -0.973. The van der Waals surface area contributed by atoms with Crippen LogP contribution in [0.3, 0.4) is 0 Å². The van der Waals surface area contributed by atoms with Crippen molar-refractivity contribution < 1.29 is 23.7 Å². The van der Waals surface area contributed by atoms with Gasteiger partial charge in [-0.05, 0) is 33.6 Å². The summed E-state index contributed by atoms with van der Waals surface area (Å²) in [5, 5.41) is 0. The number of ether oxygens (including phenoxy) is 5. The number of hydrogen-bond acceptors (Lipinski definition) is 5. The van der Waals surface area contributed by atoms with Gasteiger partial charge in [0.1, 0.15) is 6.10 Å². The first-order valence-electron chi connectivity index (χ1n) is 11.3. The lowest BCUT2D eigenvalue weighted by atomic mass is 9.90. The van der Waals surface area contributed by atoms with Crippen LogP contribution in [0, 0.1) is 5.92 Å². The van der Waals surface area contributed by atoms with Crippen molar-refractivity contribution in [1.82, 2.24) is 0 Å². The van der Waals surface area contributed by atoms with Crippen molar-refractivity contribution in [2.75, 3.05) is 33.0 Å². The standard InChI is InChI=1S/C22H44O5/c1-6-11-12-13-14-16-21(24-18-19-17-23-19)20(15-7-2)22(25-8-3,26-9-4)27-10-5/h19-21H,6-18H2,1-5H3. The zero-order valence-electron chi connectivity index (χ0n) is 18.5. The van der Waals surface area contributed by atoms with Crippen molar-refractivity contribution in [2.45, 2.75) is 104 Å². The zero-order valence-corrected chi connectivity index (χ0v) is 18.5. The topological polar surface area (TPSA) is 49.5 Å². The van der Waals surface area contributed by atoms with Gasteiger partial charge in [-0.25, -0.2) is 0 Å². The lowest BCUT2D eigenvalue weighted by Gasteiger charge is -2.42. The molecule has 5 heteroatoms. The second-order valence-corrected chi connectivity index (χ2v) is 7.33. The van der Waals surface area contributed by atoms with Gasteiger partial charge in [0.15, 0.2) is 0 Å². The fourth-order valence-corrected chi connectivity index (χ4v) is 3.70. The highest BCUT2D eigenvalue weighted by Crippen LogP contribution is 2.36. The smallest absolute Gasteiger partial charge is 0.288 e. The van der Waals surface area contributed by atoms with E-state index in [9.17, 15) is 0 Å². The number of epoxide rings is 1. The molecule has 0 aromatic heterocycles. The van der Waals surface area contributed by atoms with Crippen molar-refractivity contribution >= 4 is 0 Å². The van der Waals surface area contributed by atoms with Crippen molar-refractivity contribution in [2.24, 2.45) is 5.92 Å². The molecule has 0 N–H and O–H groups in total. The number of rotatable bonds is 19. The summed E-state index contributed by atoms with van der Waals surface area (Å²) in [5.41, 5.74) is 0. The molecule has 1 heterocycles. The van der Waals surface area contributed by atoms with E-state index in [1.807, 2.05) is 20.8 Å². The van der Waals surface area contributed by atoms with Crippen LogP contribution in [0.1, 0.15) is 86.0 Å². The molecule has 1 fully saturated rings. The summed E-state index contributed by atoms with van der Waals surface area (Å²) in [7, 11) is 0. The molecule has 0 spiro atoms. The summed E-state index contributed by atoms with van der Waals surface area (Å²) in [6, 6.07) is 0. The van der Waals surface area contributed by atoms with Gasteiger partial charge < -0.3 is 23.7 Å². The molecule has 1 aliphatic heterocycles. The molecule has 1 saturated heterocycles. The largest absolute Gasteiger partial charge is 0.375 e. The Morgan fingerprint density at radius 1 is 0.815 bits per heavy atom. The molecule has 0 aromatic carbocycles. The third kappa shape index (κ3) is 9.23. The average Bonchev–Trinajstić information content (AvgIpc) is 3.47. The average molecular weight is 389 g/mol. The Balaban J connectivity index is 2.89. The second kappa shape index (κ2) is 14.7. The van der Waals surface area contributed by atoms with Crippen LogP contribution in [0.2, 0.25) is 0 Å². The molecule has 0 bridgehead atoms. The van der Waals surface area contributed by atoms with Crippen LogP contribution in [0.25, 0.3) is 0 Å². The summed E-state index contributed by atoms with van der Waals surface area (Å²) in [4.78, 5) is 0. The Labute approximate surface area is 167 Å². The minimum atomic E-state index is -1.02. The minimum absolute atomic E-state index is 0.0484. The number of hydrogen-bond donors (Lipinski definition) is 0. The Kier molecular flexibility index (Phi) is 13.6. The highest BCUT2D eigenvalue weighted by molar-refractivity contribution is 4.82. The summed E-state index contributed by atoms with van der Waals surface area (Å²) < 4.78 is 30.1. The molecule has 27 heavy (non-hydrogen) atoms. The van der Waals surface area contributed by atoms with E-state index < -0.39 is 5.97 Å². The van der Waals surface area contributed by atoms with E-state index in [-0.39, 0.29) is 18.1 Å². The quantitative estimate of drug-likeness (QED) is 0.170. The Morgan fingerprint density at radius 2 is 1.41 bits per heavy atom. The predicted molar refractivity (Wildman–Crippen MR) is 109 cm³/mol. The van der Waals surface area contributed by atoms with E-state index in [4.69, 9.17) is 23.7 Å². The van der Waals surface area contributed by atoms with Crippen LogP contribution in [0.15, 0.2) is 0 Å². The van der Waals surface area contributed by atoms with Crippen LogP contribution >= 0.6 is 0 Å². The molecular weight excluding hydrogens is 344 g/mol. The first kappa shape index (κ1) is 24.8. The van der Waals surface area contributed by atoms with Gasteiger partial charge >= 0.3 is 0 Å². The normalized spacial score (nSPS) is 19.2. The van der Waals surface area contributed by atoms with Crippen molar-refractivity contribution in [1.29, 1.82) is 0 Å².